The number of para-hydroxylation sites is 1. The maximum atomic E-state index is 3.56. The molecule has 0 aromatic heterocycles. The van der Waals surface area contributed by atoms with Gasteiger partial charge in [0.25, 0.3) is 0 Å². The van der Waals surface area contributed by atoms with Gasteiger partial charge < -0.3 is 5.32 Å². The molecule has 1 saturated heterocycles. The number of fused-ring (bicyclic) bond motifs is 1. The van der Waals surface area contributed by atoms with Crippen molar-refractivity contribution in [3.8, 4) is 0 Å². The van der Waals surface area contributed by atoms with E-state index in [1.807, 2.05) is 0 Å². The molecule has 3 heteroatoms. The van der Waals surface area contributed by atoms with Crippen molar-refractivity contribution in [2.24, 2.45) is 0 Å². The van der Waals surface area contributed by atoms with E-state index in [2.05, 4.69) is 35.3 Å². The lowest BCUT2D eigenvalue weighted by Gasteiger charge is -2.27. The molecule has 2 aliphatic rings. The van der Waals surface area contributed by atoms with Crippen molar-refractivity contribution in [3.63, 3.8) is 0 Å². The monoisotopic (exact) mass is 280 g/mol. The van der Waals surface area contributed by atoms with E-state index < -0.39 is 0 Å². The van der Waals surface area contributed by atoms with Gasteiger partial charge in [0.2, 0.25) is 0 Å². The summed E-state index contributed by atoms with van der Waals surface area (Å²) >= 11 is 0. The number of anilines is 1. The maximum Gasteiger partial charge on any atom is 0.0419 e. The quantitative estimate of drug-likeness (QED) is 0.885. The third-order valence-electron chi connectivity index (χ3n) is 4.50. The second kappa shape index (κ2) is 6.62. The Hall–Kier alpha value is -0.730. The zero-order valence-electron chi connectivity index (χ0n) is 11.8. The predicted molar refractivity (Wildman–Crippen MR) is 84.2 cm³/mol. The van der Waals surface area contributed by atoms with Crippen LogP contribution in [-0.2, 0) is 13.0 Å². The molecule has 0 amide bonds. The van der Waals surface area contributed by atoms with Gasteiger partial charge in [-0.05, 0) is 43.9 Å². The summed E-state index contributed by atoms with van der Waals surface area (Å²) in [6, 6.07) is 7.54. The fraction of sp³-hybridized carbons (Fsp3) is 0.625. The van der Waals surface area contributed by atoms with Crippen LogP contribution < -0.4 is 5.32 Å². The van der Waals surface area contributed by atoms with Crippen LogP contribution in [0.1, 0.15) is 43.7 Å². The Kier molecular flexibility index (Phi) is 5.12. The highest BCUT2D eigenvalue weighted by Gasteiger charge is 2.20. The van der Waals surface area contributed by atoms with Crippen LogP contribution in [0, 0.1) is 0 Å². The number of hydrogen-bond donors (Lipinski definition) is 1. The van der Waals surface area contributed by atoms with E-state index in [0.29, 0.717) is 0 Å². The minimum Gasteiger partial charge on any atom is -0.384 e. The fourth-order valence-corrected chi connectivity index (χ4v) is 3.33. The van der Waals surface area contributed by atoms with Gasteiger partial charge in [-0.2, -0.15) is 0 Å². The molecule has 1 aromatic rings. The van der Waals surface area contributed by atoms with E-state index in [4.69, 9.17) is 0 Å². The molecule has 1 N–H and O–H groups in total. The minimum absolute atomic E-state index is 0. The van der Waals surface area contributed by atoms with Crippen molar-refractivity contribution in [1.82, 2.24) is 4.90 Å². The SMILES string of the molecule is CC1CCCCCN1Cc1cccc2c1NCC2.Cl. The topological polar surface area (TPSA) is 15.3 Å². The molecule has 1 fully saturated rings. The van der Waals surface area contributed by atoms with E-state index in [0.717, 1.165) is 19.1 Å². The van der Waals surface area contributed by atoms with Crippen molar-refractivity contribution in [3.05, 3.63) is 29.3 Å². The Morgan fingerprint density at radius 3 is 3.05 bits per heavy atom. The molecular formula is C16H25ClN2. The normalized spacial score (nSPS) is 23.1. The summed E-state index contributed by atoms with van der Waals surface area (Å²) in [5.74, 6) is 0. The molecule has 19 heavy (non-hydrogen) atoms. The standard InChI is InChI=1S/C16H24N2.ClH/c1-13-6-3-2-4-11-18(13)12-15-8-5-7-14-9-10-17-16(14)15;/h5,7-8,13,17H,2-4,6,9-12H2,1H3;1H. The largest absolute Gasteiger partial charge is 0.384 e. The molecule has 0 bridgehead atoms. The van der Waals surface area contributed by atoms with Gasteiger partial charge in [0, 0.05) is 24.8 Å². The van der Waals surface area contributed by atoms with Gasteiger partial charge in [-0.15, -0.1) is 12.4 Å². The van der Waals surface area contributed by atoms with E-state index >= 15 is 0 Å². The maximum absolute atomic E-state index is 3.56. The van der Waals surface area contributed by atoms with Crippen molar-refractivity contribution in [2.75, 3.05) is 18.4 Å². The Morgan fingerprint density at radius 2 is 2.16 bits per heavy atom. The predicted octanol–water partition coefficient (Wildman–Crippen LogP) is 3.84. The van der Waals surface area contributed by atoms with Gasteiger partial charge in [0.15, 0.2) is 0 Å². The van der Waals surface area contributed by atoms with Crippen molar-refractivity contribution in [2.45, 2.75) is 51.6 Å². The minimum atomic E-state index is 0. The Bertz CT molecular complexity index is 419. The number of rotatable bonds is 2. The van der Waals surface area contributed by atoms with Gasteiger partial charge in [-0.25, -0.2) is 0 Å². The number of nitrogens with zero attached hydrogens (tertiary/aromatic N) is 1. The van der Waals surface area contributed by atoms with Crippen LogP contribution in [0.2, 0.25) is 0 Å². The lowest BCUT2D eigenvalue weighted by atomic mass is 10.1. The molecule has 0 radical (unpaired) electrons. The Morgan fingerprint density at radius 1 is 1.26 bits per heavy atom. The van der Waals surface area contributed by atoms with Gasteiger partial charge in [-0.1, -0.05) is 31.0 Å². The highest BCUT2D eigenvalue weighted by molar-refractivity contribution is 5.85. The van der Waals surface area contributed by atoms with Crippen molar-refractivity contribution >= 4 is 18.1 Å². The van der Waals surface area contributed by atoms with Crippen LogP contribution in [0.4, 0.5) is 5.69 Å². The third kappa shape index (κ3) is 3.24. The number of likely N-dealkylation sites (tertiary alicyclic amines) is 1. The van der Waals surface area contributed by atoms with Crippen LogP contribution in [0.3, 0.4) is 0 Å². The summed E-state index contributed by atoms with van der Waals surface area (Å²) in [5, 5.41) is 3.56. The van der Waals surface area contributed by atoms with Gasteiger partial charge in [-0.3, -0.25) is 4.90 Å². The number of halogens is 1. The molecule has 2 nitrogen and oxygen atoms in total. The number of nitrogens with one attached hydrogen (secondary N) is 1. The summed E-state index contributed by atoms with van der Waals surface area (Å²) in [7, 11) is 0. The first-order valence-corrected chi connectivity index (χ1v) is 7.43. The molecular weight excluding hydrogens is 256 g/mol. The Labute approximate surface area is 123 Å². The molecule has 0 spiro atoms. The summed E-state index contributed by atoms with van der Waals surface area (Å²) in [6.07, 6.45) is 6.74. The second-order valence-electron chi connectivity index (χ2n) is 5.80. The lowest BCUT2D eigenvalue weighted by molar-refractivity contribution is 0.205. The molecule has 1 aromatic carbocycles. The average molecular weight is 281 g/mol. The molecule has 3 rings (SSSR count). The molecule has 106 valence electrons. The first kappa shape index (κ1) is 14.7. The van der Waals surface area contributed by atoms with E-state index in [9.17, 15) is 0 Å². The lowest BCUT2D eigenvalue weighted by Crippen LogP contribution is -2.32. The third-order valence-corrected chi connectivity index (χ3v) is 4.50. The molecule has 1 atom stereocenters. The number of hydrogen-bond acceptors (Lipinski definition) is 2. The van der Waals surface area contributed by atoms with E-state index in [1.54, 1.807) is 0 Å². The smallest absolute Gasteiger partial charge is 0.0419 e. The highest BCUT2D eigenvalue weighted by atomic mass is 35.5. The zero-order chi connectivity index (χ0) is 12.4. The average Bonchev–Trinajstić information content (AvgIpc) is 2.77. The van der Waals surface area contributed by atoms with Crippen LogP contribution in [0.15, 0.2) is 18.2 Å². The van der Waals surface area contributed by atoms with Crippen LogP contribution in [0.5, 0.6) is 0 Å². The fourth-order valence-electron chi connectivity index (χ4n) is 3.33. The van der Waals surface area contributed by atoms with Crippen LogP contribution >= 0.6 is 12.4 Å². The van der Waals surface area contributed by atoms with Crippen LogP contribution in [0.25, 0.3) is 0 Å². The summed E-state index contributed by atoms with van der Waals surface area (Å²) in [4.78, 5) is 2.67. The molecule has 0 saturated carbocycles. The van der Waals surface area contributed by atoms with E-state index in [1.165, 1.54) is 55.5 Å². The molecule has 0 aliphatic carbocycles. The highest BCUT2D eigenvalue weighted by Crippen LogP contribution is 2.29. The van der Waals surface area contributed by atoms with E-state index in [-0.39, 0.29) is 12.4 Å². The van der Waals surface area contributed by atoms with Gasteiger partial charge >= 0.3 is 0 Å². The first-order valence-electron chi connectivity index (χ1n) is 7.43. The van der Waals surface area contributed by atoms with Gasteiger partial charge in [0.05, 0.1) is 0 Å². The summed E-state index contributed by atoms with van der Waals surface area (Å²) < 4.78 is 0. The Balaban J connectivity index is 0.00000133. The molecule has 2 heterocycles. The van der Waals surface area contributed by atoms with Crippen molar-refractivity contribution in [1.29, 1.82) is 0 Å². The first-order chi connectivity index (χ1) is 8.84. The van der Waals surface area contributed by atoms with Crippen molar-refractivity contribution < 1.29 is 0 Å². The molecule has 1 unspecified atom stereocenters. The second-order valence-corrected chi connectivity index (χ2v) is 5.80. The summed E-state index contributed by atoms with van der Waals surface area (Å²) in [5.41, 5.74) is 4.43. The van der Waals surface area contributed by atoms with Gasteiger partial charge in [0.1, 0.15) is 0 Å². The molecule has 2 aliphatic heterocycles. The van der Waals surface area contributed by atoms with Crippen LogP contribution in [-0.4, -0.2) is 24.0 Å². The zero-order valence-corrected chi connectivity index (χ0v) is 12.6. The number of benzene rings is 1. The summed E-state index contributed by atoms with van der Waals surface area (Å²) in [6.45, 7) is 5.89.